The molecule has 5 rings (SSSR count). The third-order valence-corrected chi connectivity index (χ3v) is 9.73. The number of amides is 1. The normalized spacial score (nSPS) is 19.0. The lowest BCUT2D eigenvalue weighted by Gasteiger charge is -2.42. The summed E-state index contributed by atoms with van der Waals surface area (Å²) in [5.41, 5.74) is 4.44. The number of pyridine rings is 2. The van der Waals surface area contributed by atoms with E-state index in [0.717, 1.165) is 27.7 Å². The standard InChI is InChI=1S/C30H32N4O4S/c1-22-16-24(27-7-3-4-8-28(27)33-22)20-38-26-11-9-25(10-12-26)30(17-29(35)31-2)21-34(14-15-39(30,36)37)19-23-6-5-13-32-18-23/h3-13,16,18H,14-15,17,19-21H2,1-2H3,(H,31,35). The van der Waals surface area contributed by atoms with Crippen molar-refractivity contribution >= 4 is 26.6 Å². The van der Waals surface area contributed by atoms with Crippen molar-refractivity contribution in [1.82, 2.24) is 20.2 Å². The first-order valence-corrected chi connectivity index (χ1v) is 14.6. The number of ether oxygens (including phenoxy) is 1. The number of nitrogens with zero attached hydrogens (tertiary/aromatic N) is 3. The van der Waals surface area contributed by atoms with Gasteiger partial charge < -0.3 is 10.1 Å². The van der Waals surface area contributed by atoms with Gasteiger partial charge in [-0.2, -0.15) is 0 Å². The second-order valence-electron chi connectivity index (χ2n) is 9.99. The molecule has 0 radical (unpaired) electrons. The third kappa shape index (κ3) is 5.65. The Morgan fingerprint density at radius 1 is 1.10 bits per heavy atom. The lowest BCUT2D eigenvalue weighted by Crippen LogP contribution is -2.55. The summed E-state index contributed by atoms with van der Waals surface area (Å²) in [4.78, 5) is 23.5. The number of rotatable bonds is 8. The third-order valence-electron chi connectivity index (χ3n) is 7.31. The Balaban J connectivity index is 1.42. The van der Waals surface area contributed by atoms with Crippen molar-refractivity contribution in [3.8, 4) is 5.75 Å². The Bertz CT molecular complexity index is 1580. The van der Waals surface area contributed by atoms with Gasteiger partial charge in [0.2, 0.25) is 5.91 Å². The second-order valence-corrected chi connectivity index (χ2v) is 12.4. The molecular weight excluding hydrogens is 512 g/mol. The van der Waals surface area contributed by atoms with Crippen molar-refractivity contribution in [2.75, 3.05) is 25.9 Å². The molecule has 2 aromatic carbocycles. The van der Waals surface area contributed by atoms with Crippen LogP contribution in [0.25, 0.3) is 10.9 Å². The van der Waals surface area contributed by atoms with Crippen LogP contribution in [0.15, 0.2) is 79.1 Å². The van der Waals surface area contributed by atoms with E-state index in [1.165, 1.54) is 7.05 Å². The highest BCUT2D eigenvalue weighted by molar-refractivity contribution is 7.92. The van der Waals surface area contributed by atoms with Crippen LogP contribution in [-0.4, -0.2) is 55.1 Å². The summed E-state index contributed by atoms with van der Waals surface area (Å²) in [5, 5.41) is 3.65. The molecule has 39 heavy (non-hydrogen) atoms. The molecule has 1 atom stereocenters. The van der Waals surface area contributed by atoms with Crippen LogP contribution in [-0.2, 0) is 32.5 Å². The van der Waals surface area contributed by atoms with Gasteiger partial charge in [-0.1, -0.05) is 36.4 Å². The number of hydrogen-bond donors (Lipinski definition) is 1. The lowest BCUT2D eigenvalue weighted by molar-refractivity contribution is -0.121. The largest absolute Gasteiger partial charge is 0.489 e. The summed E-state index contributed by atoms with van der Waals surface area (Å²) < 4.78 is 32.0. The molecule has 0 bridgehead atoms. The Kier molecular flexibility index (Phi) is 7.63. The summed E-state index contributed by atoms with van der Waals surface area (Å²) >= 11 is 0. The fourth-order valence-electron chi connectivity index (χ4n) is 5.28. The Hall–Kier alpha value is -3.82. The van der Waals surface area contributed by atoms with E-state index < -0.39 is 14.6 Å². The van der Waals surface area contributed by atoms with E-state index in [2.05, 4.69) is 20.2 Å². The highest BCUT2D eigenvalue weighted by Crippen LogP contribution is 2.40. The van der Waals surface area contributed by atoms with Crippen molar-refractivity contribution in [3.63, 3.8) is 0 Å². The predicted octanol–water partition coefficient (Wildman–Crippen LogP) is 3.78. The number of sulfone groups is 1. The molecule has 0 aliphatic carbocycles. The fourth-order valence-corrected chi connectivity index (χ4v) is 7.40. The summed E-state index contributed by atoms with van der Waals surface area (Å²) in [5.74, 6) is 0.270. The molecule has 1 aliphatic heterocycles. The number of aryl methyl sites for hydroxylation is 1. The van der Waals surface area contributed by atoms with Gasteiger partial charge in [0.05, 0.1) is 17.7 Å². The molecule has 0 spiro atoms. The highest BCUT2D eigenvalue weighted by Gasteiger charge is 2.50. The van der Waals surface area contributed by atoms with Crippen molar-refractivity contribution in [2.45, 2.75) is 31.2 Å². The van der Waals surface area contributed by atoms with Crippen LogP contribution in [0, 0.1) is 6.92 Å². The van der Waals surface area contributed by atoms with E-state index >= 15 is 0 Å². The molecule has 0 saturated carbocycles. The number of hydrogen-bond acceptors (Lipinski definition) is 7. The molecule has 8 nitrogen and oxygen atoms in total. The van der Waals surface area contributed by atoms with Crippen molar-refractivity contribution in [1.29, 1.82) is 0 Å². The van der Waals surface area contributed by atoms with Gasteiger partial charge in [-0.3, -0.25) is 19.7 Å². The second kappa shape index (κ2) is 11.1. The molecule has 1 N–H and O–H groups in total. The Labute approximate surface area is 229 Å². The van der Waals surface area contributed by atoms with Crippen LogP contribution in [0.4, 0.5) is 0 Å². The van der Waals surface area contributed by atoms with Crippen LogP contribution in [0.5, 0.6) is 5.75 Å². The van der Waals surface area contributed by atoms with Crippen molar-refractivity contribution in [3.05, 3.63) is 102 Å². The molecule has 1 aliphatic rings. The van der Waals surface area contributed by atoms with Gasteiger partial charge in [-0.15, -0.1) is 0 Å². The fraction of sp³-hybridized carbons (Fsp3) is 0.300. The maximum Gasteiger partial charge on any atom is 0.221 e. The molecule has 2 aromatic heterocycles. The average Bonchev–Trinajstić information content (AvgIpc) is 2.94. The van der Waals surface area contributed by atoms with Gasteiger partial charge in [0.25, 0.3) is 0 Å². The zero-order chi connectivity index (χ0) is 27.5. The molecule has 3 heterocycles. The van der Waals surface area contributed by atoms with Crippen molar-refractivity contribution in [2.24, 2.45) is 0 Å². The van der Waals surface area contributed by atoms with Crippen LogP contribution in [0.1, 0.15) is 28.8 Å². The van der Waals surface area contributed by atoms with Gasteiger partial charge in [0, 0.05) is 55.7 Å². The monoisotopic (exact) mass is 544 g/mol. The van der Waals surface area contributed by atoms with Gasteiger partial charge >= 0.3 is 0 Å². The highest BCUT2D eigenvalue weighted by atomic mass is 32.2. The van der Waals surface area contributed by atoms with Crippen LogP contribution >= 0.6 is 0 Å². The van der Waals surface area contributed by atoms with E-state index in [1.54, 1.807) is 36.7 Å². The Morgan fingerprint density at radius 2 is 1.90 bits per heavy atom. The summed E-state index contributed by atoms with van der Waals surface area (Å²) in [6, 6.07) is 20.9. The minimum Gasteiger partial charge on any atom is -0.489 e. The quantitative estimate of drug-likeness (QED) is 0.360. The minimum atomic E-state index is -3.63. The lowest BCUT2D eigenvalue weighted by atomic mass is 9.92. The van der Waals surface area contributed by atoms with Crippen molar-refractivity contribution < 1.29 is 17.9 Å². The molecular formula is C30H32N4O4S. The molecule has 1 amide bonds. The van der Waals surface area contributed by atoms with Gasteiger partial charge in [-0.05, 0) is 48.4 Å². The molecule has 1 fully saturated rings. The number of benzene rings is 2. The average molecular weight is 545 g/mol. The number of aromatic nitrogens is 2. The SMILES string of the molecule is CNC(=O)CC1(c2ccc(OCc3cc(C)nc4ccccc34)cc2)CN(Cc2cccnc2)CCS1(=O)=O. The first-order chi connectivity index (χ1) is 18.8. The molecule has 9 heteroatoms. The van der Waals surface area contributed by atoms with Crippen LogP contribution < -0.4 is 10.1 Å². The van der Waals surface area contributed by atoms with Crippen LogP contribution in [0.3, 0.4) is 0 Å². The minimum absolute atomic E-state index is 0.0308. The van der Waals surface area contributed by atoms with Gasteiger partial charge in [0.1, 0.15) is 17.1 Å². The molecule has 4 aromatic rings. The first-order valence-electron chi connectivity index (χ1n) is 12.9. The summed E-state index contributed by atoms with van der Waals surface area (Å²) in [6.07, 6.45) is 3.34. The van der Waals surface area contributed by atoms with E-state index in [1.807, 2.05) is 49.4 Å². The number of carbonyl (C=O) groups excluding carboxylic acids is 1. The maximum absolute atomic E-state index is 13.6. The van der Waals surface area contributed by atoms with Gasteiger partial charge in [-0.25, -0.2) is 8.42 Å². The predicted molar refractivity (Wildman–Crippen MR) is 151 cm³/mol. The van der Waals surface area contributed by atoms with E-state index in [-0.39, 0.29) is 24.6 Å². The van der Waals surface area contributed by atoms with Crippen LogP contribution in [0.2, 0.25) is 0 Å². The zero-order valence-corrected chi connectivity index (χ0v) is 22.9. The number of carbonyl (C=O) groups is 1. The zero-order valence-electron chi connectivity index (χ0n) is 22.1. The van der Waals surface area contributed by atoms with Gasteiger partial charge in [0.15, 0.2) is 9.84 Å². The number of fused-ring (bicyclic) bond motifs is 1. The molecule has 202 valence electrons. The summed E-state index contributed by atoms with van der Waals surface area (Å²) in [6.45, 7) is 3.47. The molecule has 1 unspecified atom stereocenters. The van der Waals surface area contributed by atoms with E-state index in [4.69, 9.17) is 4.74 Å². The summed E-state index contributed by atoms with van der Waals surface area (Å²) in [7, 11) is -2.10. The molecule has 1 saturated heterocycles. The van der Waals surface area contributed by atoms with E-state index in [9.17, 15) is 13.2 Å². The topological polar surface area (TPSA) is 101 Å². The van der Waals surface area contributed by atoms with E-state index in [0.29, 0.717) is 31.0 Å². The maximum atomic E-state index is 13.6. The Morgan fingerprint density at radius 3 is 2.64 bits per heavy atom. The first kappa shape index (κ1) is 26.8. The smallest absolute Gasteiger partial charge is 0.221 e. The number of nitrogens with one attached hydrogen (secondary N) is 1. The number of para-hydroxylation sites is 1.